The topological polar surface area (TPSA) is 97.5 Å². The molecule has 0 spiro atoms. The first-order valence-electron chi connectivity index (χ1n) is 9.43. The van der Waals surface area contributed by atoms with Crippen molar-refractivity contribution in [3.63, 3.8) is 0 Å². The zero-order chi connectivity index (χ0) is 21.8. The summed E-state index contributed by atoms with van der Waals surface area (Å²) in [6.45, 7) is 10.9. The third-order valence-corrected chi connectivity index (χ3v) is 5.23. The van der Waals surface area contributed by atoms with Crippen molar-refractivity contribution in [3.05, 3.63) is 58.7 Å². The lowest BCUT2D eigenvalue weighted by atomic mass is 9.72. The summed E-state index contributed by atoms with van der Waals surface area (Å²) in [5.74, 6) is -0.354. The summed E-state index contributed by atoms with van der Waals surface area (Å²) in [4.78, 5) is 10.3. The monoisotopic (exact) mass is 409 g/mol. The number of carbonyl (C=O) groups excluding carboxylic acids is 1. The van der Waals surface area contributed by atoms with Gasteiger partial charge in [-0.1, -0.05) is 55.4 Å². The van der Waals surface area contributed by atoms with Gasteiger partial charge in [-0.25, -0.2) is 0 Å². The van der Waals surface area contributed by atoms with Gasteiger partial charge >= 0.3 is 0 Å². The lowest BCUT2D eigenvalue weighted by Gasteiger charge is -2.32. The van der Waals surface area contributed by atoms with Crippen molar-refractivity contribution >= 4 is 16.4 Å². The van der Waals surface area contributed by atoms with Gasteiger partial charge in [-0.3, -0.25) is 9.35 Å². The molecular formula is C22H35NO4S. The first-order valence-corrected chi connectivity index (χ1v) is 11.0. The van der Waals surface area contributed by atoms with E-state index in [9.17, 15) is 13.2 Å². The van der Waals surface area contributed by atoms with Crippen LogP contribution in [0, 0.1) is 5.41 Å². The maximum Gasteiger partial charge on any atom is 0.266 e. The fourth-order valence-corrected chi connectivity index (χ4v) is 3.24. The summed E-state index contributed by atoms with van der Waals surface area (Å²) in [7, 11) is -3.80. The van der Waals surface area contributed by atoms with Crippen molar-refractivity contribution in [1.29, 1.82) is 0 Å². The second-order valence-corrected chi connectivity index (χ2v) is 9.23. The first-order chi connectivity index (χ1) is 12.9. The van der Waals surface area contributed by atoms with Crippen LogP contribution in [-0.4, -0.2) is 31.6 Å². The second-order valence-electron chi connectivity index (χ2n) is 7.66. The molecule has 6 heteroatoms. The quantitative estimate of drug-likeness (QED) is 0.278. The van der Waals surface area contributed by atoms with Crippen LogP contribution in [0.3, 0.4) is 0 Å². The molecule has 1 aliphatic rings. The van der Waals surface area contributed by atoms with E-state index in [1.54, 1.807) is 6.08 Å². The Labute approximate surface area is 170 Å². The van der Waals surface area contributed by atoms with Gasteiger partial charge in [0.25, 0.3) is 10.1 Å². The third kappa shape index (κ3) is 11.8. The molecule has 5 nitrogen and oxygen atoms in total. The van der Waals surface area contributed by atoms with Gasteiger partial charge in [0.2, 0.25) is 0 Å². The Hall–Kier alpha value is -1.76. The van der Waals surface area contributed by atoms with Crippen molar-refractivity contribution in [1.82, 2.24) is 0 Å². The Balaban J connectivity index is 0.000000887. The fraction of sp³-hybridized carbons (Fsp3) is 0.500. The number of hydrogen-bond donors (Lipinski definition) is 2. The molecule has 0 aromatic rings. The van der Waals surface area contributed by atoms with Crippen LogP contribution >= 0.6 is 0 Å². The van der Waals surface area contributed by atoms with Crippen molar-refractivity contribution in [2.45, 2.75) is 53.9 Å². The van der Waals surface area contributed by atoms with Crippen molar-refractivity contribution < 1.29 is 17.8 Å². The Morgan fingerprint density at radius 1 is 1.18 bits per heavy atom. The average Bonchev–Trinajstić information content (AvgIpc) is 2.53. The third-order valence-electron chi connectivity index (χ3n) is 4.48. The molecule has 0 atom stereocenters. The molecule has 1 aliphatic carbocycles. The van der Waals surface area contributed by atoms with E-state index in [2.05, 4.69) is 45.9 Å². The van der Waals surface area contributed by atoms with Crippen LogP contribution < -0.4 is 5.73 Å². The predicted molar refractivity (Wildman–Crippen MR) is 118 cm³/mol. The number of nitrogens with two attached hydrogens (primary N) is 1. The van der Waals surface area contributed by atoms with Crippen LogP contribution in [0.5, 0.6) is 0 Å². The van der Waals surface area contributed by atoms with Crippen LogP contribution in [0.1, 0.15) is 53.9 Å². The summed E-state index contributed by atoms with van der Waals surface area (Å²) < 4.78 is 27.3. The molecule has 0 unspecified atom stereocenters. The summed E-state index contributed by atoms with van der Waals surface area (Å²) in [5.41, 5.74) is 10.3. The van der Waals surface area contributed by atoms with E-state index < -0.39 is 10.1 Å². The molecular weight excluding hydrogens is 374 g/mol. The standard InChI is InChI=1S/C20H28O.C2H7NO3S/c1-16(8-6-9-17(2)13-15-21)11-12-19-18(3)10-7-14-20(19,4)5;3-1-2-7(4,5)6/h6,8-9,11-13,15H,7,10,14H2,1-5H3;1-3H2,(H,4,5,6). The highest BCUT2D eigenvalue weighted by molar-refractivity contribution is 7.85. The Morgan fingerprint density at radius 3 is 2.25 bits per heavy atom. The van der Waals surface area contributed by atoms with E-state index in [1.807, 2.05) is 19.1 Å². The number of aldehydes is 1. The molecule has 0 saturated heterocycles. The van der Waals surface area contributed by atoms with Gasteiger partial charge in [0.05, 0.1) is 5.75 Å². The minimum atomic E-state index is -3.80. The van der Waals surface area contributed by atoms with E-state index in [4.69, 9.17) is 10.3 Å². The minimum Gasteiger partial charge on any atom is -0.329 e. The van der Waals surface area contributed by atoms with Gasteiger partial charge in [-0.15, -0.1) is 0 Å². The summed E-state index contributed by atoms with van der Waals surface area (Å²) >= 11 is 0. The molecule has 0 radical (unpaired) electrons. The highest BCUT2D eigenvalue weighted by Gasteiger charge is 2.26. The van der Waals surface area contributed by atoms with Gasteiger partial charge in [0.1, 0.15) is 6.29 Å². The van der Waals surface area contributed by atoms with Crippen molar-refractivity contribution in [2.75, 3.05) is 12.3 Å². The lowest BCUT2D eigenvalue weighted by Crippen LogP contribution is -2.19. The summed E-state index contributed by atoms with van der Waals surface area (Å²) in [6.07, 6.45) is 16.6. The van der Waals surface area contributed by atoms with Crippen LogP contribution in [0.4, 0.5) is 0 Å². The molecule has 0 saturated carbocycles. The molecule has 0 aromatic heterocycles. The molecule has 0 bridgehead atoms. The zero-order valence-electron chi connectivity index (χ0n) is 17.7. The van der Waals surface area contributed by atoms with Crippen molar-refractivity contribution in [2.24, 2.45) is 11.1 Å². The zero-order valence-corrected chi connectivity index (χ0v) is 18.6. The molecule has 3 N–H and O–H groups in total. The smallest absolute Gasteiger partial charge is 0.266 e. The number of rotatable bonds is 7. The first kappa shape index (κ1) is 26.2. The number of allylic oxidation sites excluding steroid dienone is 10. The van der Waals surface area contributed by atoms with Gasteiger partial charge < -0.3 is 5.73 Å². The molecule has 0 aromatic carbocycles. The van der Waals surface area contributed by atoms with Crippen LogP contribution in [0.2, 0.25) is 0 Å². The molecule has 0 heterocycles. The van der Waals surface area contributed by atoms with E-state index in [1.165, 1.54) is 36.0 Å². The van der Waals surface area contributed by atoms with E-state index in [0.717, 1.165) is 11.9 Å². The van der Waals surface area contributed by atoms with Gasteiger partial charge in [0, 0.05) is 6.54 Å². The number of carbonyl (C=O) groups is 1. The highest BCUT2D eigenvalue weighted by atomic mass is 32.2. The van der Waals surface area contributed by atoms with Crippen molar-refractivity contribution in [3.8, 4) is 0 Å². The van der Waals surface area contributed by atoms with E-state index >= 15 is 0 Å². The SMILES string of the molecule is CC(C=CC=C(C)C=CC1=C(C)CCCC1(C)C)=CC=O.NCCS(=O)(=O)O. The van der Waals surface area contributed by atoms with Gasteiger partial charge in [-0.05, 0) is 62.7 Å². The maximum absolute atomic E-state index is 10.3. The van der Waals surface area contributed by atoms with Crippen LogP contribution in [-0.2, 0) is 14.9 Å². The fourth-order valence-electron chi connectivity index (χ4n) is 2.94. The van der Waals surface area contributed by atoms with E-state index in [-0.39, 0.29) is 17.7 Å². The Kier molecular flexibility index (Phi) is 11.9. The normalized spacial score (nSPS) is 18.4. The van der Waals surface area contributed by atoms with Crippen LogP contribution in [0.25, 0.3) is 0 Å². The highest BCUT2D eigenvalue weighted by Crippen LogP contribution is 2.40. The van der Waals surface area contributed by atoms with E-state index in [0.29, 0.717) is 0 Å². The lowest BCUT2D eigenvalue weighted by molar-refractivity contribution is -0.104. The summed E-state index contributed by atoms with van der Waals surface area (Å²) in [6, 6.07) is 0. The predicted octanol–water partition coefficient (Wildman–Crippen LogP) is 4.55. The molecule has 0 amide bonds. The molecule has 158 valence electrons. The van der Waals surface area contributed by atoms with Gasteiger partial charge in [-0.2, -0.15) is 8.42 Å². The summed E-state index contributed by atoms with van der Waals surface area (Å²) in [5, 5.41) is 0. The molecule has 28 heavy (non-hydrogen) atoms. The van der Waals surface area contributed by atoms with Crippen LogP contribution in [0.15, 0.2) is 58.7 Å². The molecule has 0 fully saturated rings. The molecule has 0 aliphatic heterocycles. The number of hydrogen-bond acceptors (Lipinski definition) is 4. The average molecular weight is 410 g/mol. The Morgan fingerprint density at radius 2 is 1.79 bits per heavy atom. The largest absolute Gasteiger partial charge is 0.329 e. The molecule has 1 rings (SSSR count). The minimum absolute atomic E-state index is 0.0289. The maximum atomic E-state index is 10.3. The van der Waals surface area contributed by atoms with Gasteiger partial charge in [0.15, 0.2) is 0 Å². The Bertz CT molecular complexity index is 766. The second kappa shape index (κ2) is 12.6.